The van der Waals surface area contributed by atoms with Gasteiger partial charge in [-0.3, -0.25) is 4.90 Å². The van der Waals surface area contributed by atoms with Gasteiger partial charge in [-0.2, -0.15) is 0 Å². The van der Waals surface area contributed by atoms with Gasteiger partial charge in [-0.25, -0.2) is 17.6 Å². The topological polar surface area (TPSA) is 33.7 Å². The van der Waals surface area contributed by atoms with E-state index in [2.05, 4.69) is 5.32 Å². The molecule has 6 rings (SSSR count). The number of fused-ring (bicyclic) bond motifs is 1. The lowest BCUT2D eigenvalue weighted by atomic mass is 9.72. The van der Waals surface area contributed by atoms with Crippen LogP contribution < -0.4 is 14.8 Å². The molecule has 1 spiro atoms. The van der Waals surface area contributed by atoms with Crippen LogP contribution in [-0.4, -0.2) is 43.6 Å². The zero-order chi connectivity index (χ0) is 28.4. The van der Waals surface area contributed by atoms with Crippen LogP contribution in [0.4, 0.5) is 17.6 Å². The van der Waals surface area contributed by atoms with E-state index in [9.17, 15) is 8.78 Å². The smallest absolute Gasteiger partial charge is 0.251 e. The van der Waals surface area contributed by atoms with E-state index in [1.54, 1.807) is 12.1 Å². The summed E-state index contributed by atoms with van der Waals surface area (Å²) < 4.78 is 70.8. The van der Waals surface area contributed by atoms with Crippen molar-refractivity contribution in [2.45, 2.75) is 63.7 Å². The van der Waals surface area contributed by atoms with E-state index in [-0.39, 0.29) is 29.4 Å². The molecule has 2 heterocycles. The lowest BCUT2D eigenvalue weighted by Gasteiger charge is -2.38. The molecule has 0 amide bonds. The number of benzene rings is 3. The first-order valence-corrected chi connectivity index (χ1v) is 14.6. The lowest BCUT2D eigenvalue weighted by molar-refractivity contribution is 0.0676. The summed E-state index contributed by atoms with van der Waals surface area (Å²) in [5.41, 5.74) is 2.44. The van der Waals surface area contributed by atoms with E-state index in [1.165, 1.54) is 17.0 Å². The van der Waals surface area contributed by atoms with Gasteiger partial charge in [0.05, 0.1) is 18.7 Å². The zero-order valence-electron chi connectivity index (χ0n) is 23.1. The maximum absolute atomic E-state index is 15.8. The van der Waals surface area contributed by atoms with E-state index in [0.717, 1.165) is 56.3 Å². The third kappa shape index (κ3) is 6.24. The predicted octanol–water partition coefficient (Wildman–Crippen LogP) is 7.06. The number of ether oxygens (including phenoxy) is 2. The summed E-state index contributed by atoms with van der Waals surface area (Å²) in [6.07, 6.45) is 2.70. The van der Waals surface area contributed by atoms with Crippen molar-refractivity contribution in [2.24, 2.45) is 5.41 Å². The van der Waals surface area contributed by atoms with E-state index in [4.69, 9.17) is 9.47 Å². The van der Waals surface area contributed by atoms with Gasteiger partial charge < -0.3 is 14.8 Å². The second-order valence-corrected chi connectivity index (χ2v) is 11.7. The normalized spacial score (nSPS) is 24.5. The number of rotatable bonds is 8. The highest BCUT2D eigenvalue weighted by Gasteiger charge is 2.40. The van der Waals surface area contributed by atoms with Gasteiger partial charge in [-0.1, -0.05) is 36.4 Å². The number of nitrogens with one attached hydrogen (secondary N) is 1. The minimum atomic E-state index is -2.63. The maximum Gasteiger partial charge on any atom is 0.251 e. The summed E-state index contributed by atoms with van der Waals surface area (Å²) in [4.78, 5) is 1.47. The van der Waals surface area contributed by atoms with E-state index >= 15 is 8.78 Å². The molecule has 0 bridgehead atoms. The Kier molecular flexibility index (Phi) is 8.22. The standard InChI is InChI=1S/C33H36F4N2O2/c34-28-16-26(41-25-7-4-11-33(18-25)12-13-38-21-33)17-29(35)31(28)32-27-9-8-24(40-20-22-5-2-1-3-6-22)15-23(27)10-14-39(32)19-30(36)37/h1-3,5-6,8-9,15-17,25,30,32,38H,4,7,10-14,18-21H2. The Morgan fingerprint density at radius 2 is 1.78 bits per heavy atom. The molecular weight excluding hydrogens is 532 g/mol. The highest BCUT2D eigenvalue weighted by molar-refractivity contribution is 5.46. The van der Waals surface area contributed by atoms with Crippen molar-refractivity contribution in [3.63, 3.8) is 0 Å². The van der Waals surface area contributed by atoms with Crippen LogP contribution in [0.1, 0.15) is 60.4 Å². The van der Waals surface area contributed by atoms with Gasteiger partial charge >= 0.3 is 0 Å². The molecule has 2 fully saturated rings. The van der Waals surface area contributed by atoms with Crippen molar-refractivity contribution in [3.05, 3.63) is 94.6 Å². The molecule has 0 aromatic heterocycles. The van der Waals surface area contributed by atoms with E-state index in [1.807, 2.05) is 36.4 Å². The summed E-state index contributed by atoms with van der Waals surface area (Å²) in [6, 6.07) is 16.5. The minimum Gasteiger partial charge on any atom is -0.490 e. The van der Waals surface area contributed by atoms with Crippen molar-refractivity contribution < 1.29 is 27.0 Å². The fourth-order valence-electron chi connectivity index (χ4n) is 6.96. The van der Waals surface area contributed by atoms with Crippen molar-refractivity contribution in [3.8, 4) is 11.5 Å². The van der Waals surface area contributed by atoms with Crippen molar-refractivity contribution >= 4 is 0 Å². The third-order valence-corrected chi connectivity index (χ3v) is 8.92. The molecule has 4 nitrogen and oxygen atoms in total. The minimum absolute atomic E-state index is 0.103. The second-order valence-electron chi connectivity index (χ2n) is 11.7. The SMILES string of the molecule is Fc1cc(OC2CCCC3(CCNC3)C2)cc(F)c1C1c2ccc(OCc3ccccc3)cc2CCN1CC(F)F. The number of nitrogens with zero attached hydrogens (tertiary/aromatic N) is 1. The number of hydrogen-bond donors (Lipinski definition) is 1. The molecular formula is C33H36F4N2O2. The molecule has 0 radical (unpaired) electrons. The Bertz CT molecular complexity index is 1320. The van der Waals surface area contributed by atoms with Crippen molar-refractivity contribution in [1.82, 2.24) is 10.2 Å². The van der Waals surface area contributed by atoms with Crippen LogP contribution in [0.5, 0.6) is 11.5 Å². The van der Waals surface area contributed by atoms with Crippen LogP contribution >= 0.6 is 0 Å². The summed E-state index contributed by atoms with van der Waals surface area (Å²) in [7, 11) is 0. The Labute approximate surface area is 238 Å². The van der Waals surface area contributed by atoms with Crippen molar-refractivity contribution in [2.75, 3.05) is 26.2 Å². The number of alkyl halides is 2. The fraction of sp³-hybridized carbons (Fsp3) is 0.455. The first-order valence-electron chi connectivity index (χ1n) is 14.6. The highest BCUT2D eigenvalue weighted by Crippen LogP contribution is 2.43. The van der Waals surface area contributed by atoms with E-state index < -0.39 is 30.6 Å². The lowest BCUT2D eigenvalue weighted by Crippen LogP contribution is -2.40. The van der Waals surface area contributed by atoms with Gasteiger partial charge in [0.1, 0.15) is 29.7 Å². The molecule has 3 aromatic rings. The quantitative estimate of drug-likeness (QED) is 0.295. The molecule has 1 saturated carbocycles. The van der Waals surface area contributed by atoms with Crippen molar-refractivity contribution in [1.29, 1.82) is 0 Å². The number of halogens is 4. The summed E-state index contributed by atoms with van der Waals surface area (Å²) in [5, 5.41) is 3.43. The monoisotopic (exact) mass is 568 g/mol. The Balaban J connectivity index is 1.25. The second kappa shape index (κ2) is 12.0. The molecule has 8 heteroatoms. The number of hydrogen-bond acceptors (Lipinski definition) is 4. The van der Waals surface area contributed by atoms with Crippen LogP contribution in [0, 0.1) is 17.0 Å². The van der Waals surface area contributed by atoms with Gasteiger partial charge in [-0.05, 0) is 79.3 Å². The maximum atomic E-state index is 15.8. The third-order valence-electron chi connectivity index (χ3n) is 8.92. The average molecular weight is 569 g/mol. The van der Waals surface area contributed by atoms with Crippen LogP contribution in [0.3, 0.4) is 0 Å². The summed E-state index contributed by atoms with van der Waals surface area (Å²) in [6.45, 7) is 1.99. The molecule has 218 valence electrons. The Hall–Kier alpha value is -3.10. The van der Waals surface area contributed by atoms with Crippen LogP contribution in [-0.2, 0) is 13.0 Å². The van der Waals surface area contributed by atoms with Crippen LogP contribution in [0.25, 0.3) is 0 Å². The predicted molar refractivity (Wildman–Crippen MR) is 150 cm³/mol. The summed E-state index contributed by atoms with van der Waals surface area (Å²) in [5.74, 6) is -0.789. The molecule has 3 unspecified atom stereocenters. The molecule has 3 atom stereocenters. The molecule has 3 aromatic carbocycles. The first kappa shape index (κ1) is 28.0. The molecule has 1 aliphatic carbocycles. The van der Waals surface area contributed by atoms with Gasteiger partial charge in [0, 0.05) is 30.8 Å². The molecule has 1 saturated heterocycles. The van der Waals surface area contributed by atoms with Gasteiger partial charge in [-0.15, -0.1) is 0 Å². The highest BCUT2D eigenvalue weighted by atomic mass is 19.3. The molecule has 1 N–H and O–H groups in total. The summed E-state index contributed by atoms with van der Waals surface area (Å²) >= 11 is 0. The van der Waals surface area contributed by atoms with Gasteiger partial charge in [0.15, 0.2) is 0 Å². The zero-order valence-corrected chi connectivity index (χ0v) is 23.1. The van der Waals surface area contributed by atoms with Crippen LogP contribution in [0.15, 0.2) is 60.7 Å². The average Bonchev–Trinajstić information content (AvgIpc) is 3.39. The Morgan fingerprint density at radius 3 is 2.51 bits per heavy atom. The van der Waals surface area contributed by atoms with E-state index in [0.29, 0.717) is 24.3 Å². The molecule has 3 aliphatic rings. The van der Waals surface area contributed by atoms with Crippen LogP contribution in [0.2, 0.25) is 0 Å². The Morgan fingerprint density at radius 1 is 0.976 bits per heavy atom. The van der Waals surface area contributed by atoms with Gasteiger partial charge in [0.2, 0.25) is 0 Å². The largest absolute Gasteiger partial charge is 0.490 e. The molecule has 41 heavy (non-hydrogen) atoms. The first-order chi connectivity index (χ1) is 19.9. The fourth-order valence-corrected chi connectivity index (χ4v) is 6.96. The molecule has 2 aliphatic heterocycles. The van der Waals surface area contributed by atoms with Gasteiger partial charge in [0.25, 0.3) is 6.43 Å².